The van der Waals surface area contributed by atoms with Crippen molar-refractivity contribution in [1.82, 2.24) is 9.55 Å². The van der Waals surface area contributed by atoms with Gasteiger partial charge in [-0.05, 0) is 61.1 Å². The lowest BCUT2D eigenvalue weighted by Crippen LogP contribution is -2.04. The fourth-order valence-corrected chi connectivity index (χ4v) is 3.24. The number of hydrogen-bond acceptors (Lipinski definition) is 1. The highest BCUT2D eigenvalue weighted by molar-refractivity contribution is 5.81. The minimum atomic E-state index is 0.373. The number of imidazole rings is 1. The molecular weight excluding hydrogens is 292 g/mol. The van der Waals surface area contributed by atoms with E-state index in [9.17, 15) is 0 Å². The van der Waals surface area contributed by atoms with Crippen molar-refractivity contribution in [1.29, 1.82) is 0 Å². The highest BCUT2D eigenvalue weighted by atomic mass is 15.1. The van der Waals surface area contributed by atoms with Crippen LogP contribution in [0.15, 0.2) is 42.5 Å². The fourth-order valence-electron chi connectivity index (χ4n) is 3.24. The molecule has 0 unspecified atom stereocenters. The number of benzene rings is 2. The number of hydrogen-bond donors (Lipinski definition) is 0. The van der Waals surface area contributed by atoms with Gasteiger partial charge in [0.2, 0.25) is 0 Å². The Morgan fingerprint density at radius 1 is 0.792 bits per heavy atom. The van der Waals surface area contributed by atoms with E-state index in [1.807, 2.05) is 0 Å². The summed E-state index contributed by atoms with van der Waals surface area (Å²) < 4.78 is 2.36. The molecule has 0 saturated heterocycles. The van der Waals surface area contributed by atoms with E-state index in [1.165, 1.54) is 22.2 Å². The van der Waals surface area contributed by atoms with Crippen LogP contribution in [0.3, 0.4) is 0 Å². The van der Waals surface area contributed by atoms with E-state index >= 15 is 0 Å². The Hall–Kier alpha value is -2.09. The van der Waals surface area contributed by atoms with Crippen molar-refractivity contribution < 1.29 is 0 Å². The molecule has 0 aliphatic heterocycles. The molecule has 2 heteroatoms. The first-order chi connectivity index (χ1) is 11.4. The van der Waals surface area contributed by atoms with Crippen LogP contribution in [-0.2, 0) is 0 Å². The van der Waals surface area contributed by atoms with Crippen molar-refractivity contribution in [2.45, 2.75) is 59.4 Å². The molecule has 0 atom stereocenters. The second-order valence-corrected chi connectivity index (χ2v) is 7.59. The van der Waals surface area contributed by atoms with Crippen LogP contribution in [0, 0.1) is 0 Å². The lowest BCUT2D eigenvalue weighted by Gasteiger charge is -2.17. The maximum atomic E-state index is 4.97. The smallest absolute Gasteiger partial charge is 0.141 e. The van der Waals surface area contributed by atoms with Gasteiger partial charge in [0.15, 0.2) is 0 Å². The van der Waals surface area contributed by atoms with Crippen molar-refractivity contribution in [3.8, 4) is 11.4 Å². The first kappa shape index (κ1) is 16.8. The van der Waals surface area contributed by atoms with Crippen LogP contribution in [-0.4, -0.2) is 9.55 Å². The van der Waals surface area contributed by atoms with E-state index in [0.29, 0.717) is 17.9 Å². The molecule has 3 rings (SSSR count). The number of nitrogens with zero attached hydrogens (tertiary/aromatic N) is 2. The first-order valence-electron chi connectivity index (χ1n) is 9.00. The molecule has 126 valence electrons. The quantitative estimate of drug-likeness (QED) is 0.534. The van der Waals surface area contributed by atoms with E-state index < -0.39 is 0 Å². The molecule has 0 saturated carbocycles. The average Bonchev–Trinajstić information content (AvgIpc) is 2.94. The van der Waals surface area contributed by atoms with Crippen molar-refractivity contribution in [3.63, 3.8) is 0 Å². The molecule has 0 amide bonds. The number of rotatable bonds is 4. The zero-order valence-electron chi connectivity index (χ0n) is 15.7. The normalized spacial score (nSPS) is 12.0. The first-order valence-corrected chi connectivity index (χ1v) is 9.00. The van der Waals surface area contributed by atoms with Gasteiger partial charge in [0.1, 0.15) is 5.82 Å². The molecule has 1 aromatic heterocycles. The van der Waals surface area contributed by atoms with Gasteiger partial charge in [0.05, 0.1) is 11.0 Å². The molecule has 2 nitrogen and oxygen atoms in total. The lowest BCUT2D eigenvalue weighted by molar-refractivity contribution is 0.624. The topological polar surface area (TPSA) is 17.8 Å². The second kappa shape index (κ2) is 6.43. The van der Waals surface area contributed by atoms with Gasteiger partial charge < -0.3 is 4.57 Å². The van der Waals surface area contributed by atoms with Gasteiger partial charge in [-0.25, -0.2) is 4.98 Å². The average molecular weight is 320 g/mol. The van der Waals surface area contributed by atoms with Crippen LogP contribution >= 0.6 is 0 Å². The van der Waals surface area contributed by atoms with Crippen molar-refractivity contribution in [2.75, 3.05) is 0 Å². The van der Waals surface area contributed by atoms with E-state index in [0.717, 1.165) is 11.3 Å². The number of aromatic nitrogens is 2. The Kier molecular flexibility index (Phi) is 4.49. The molecule has 0 aliphatic carbocycles. The molecule has 3 aromatic rings. The molecule has 1 heterocycles. The van der Waals surface area contributed by atoms with Crippen LogP contribution in [0.2, 0.25) is 0 Å². The summed E-state index contributed by atoms with van der Waals surface area (Å²) in [6.07, 6.45) is 0. The van der Waals surface area contributed by atoms with E-state index in [4.69, 9.17) is 4.98 Å². The van der Waals surface area contributed by atoms with Gasteiger partial charge in [0.25, 0.3) is 0 Å². The maximum Gasteiger partial charge on any atom is 0.141 e. The standard InChI is InChI=1S/C22H28N2/c1-14(2)17-11-18(15(3)4)13-19(12-17)22-23-20-9-7-8-10-21(20)24(22)16(5)6/h7-16H,1-6H3. The zero-order chi connectivity index (χ0) is 17.4. The molecule has 0 fully saturated rings. The molecule has 0 spiro atoms. The monoisotopic (exact) mass is 320 g/mol. The minimum absolute atomic E-state index is 0.373. The van der Waals surface area contributed by atoms with E-state index in [2.05, 4.69) is 88.6 Å². The Balaban J connectivity index is 2.29. The summed E-state index contributed by atoms with van der Waals surface area (Å²) in [5.41, 5.74) is 6.29. The van der Waals surface area contributed by atoms with Gasteiger partial charge in [0, 0.05) is 11.6 Å². The fraction of sp³-hybridized carbons (Fsp3) is 0.409. The molecule has 0 aliphatic rings. The summed E-state index contributed by atoms with van der Waals surface area (Å²) in [6.45, 7) is 13.5. The molecule has 24 heavy (non-hydrogen) atoms. The van der Waals surface area contributed by atoms with Gasteiger partial charge in [-0.3, -0.25) is 0 Å². The zero-order valence-corrected chi connectivity index (χ0v) is 15.7. The number of para-hydroxylation sites is 2. The third-order valence-electron chi connectivity index (χ3n) is 4.68. The van der Waals surface area contributed by atoms with Crippen molar-refractivity contribution in [3.05, 3.63) is 53.6 Å². The summed E-state index contributed by atoms with van der Waals surface area (Å²) in [6, 6.07) is 15.8. The van der Waals surface area contributed by atoms with Crippen LogP contribution in [0.5, 0.6) is 0 Å². The highest BCUT2D eigenvalue weighted by Crippen LogP contribution is 2.32. The largest absolute Gasteiger partial charge is 0.321 e. The number of fused-ring (bicyclic) bond motifs is 1. The maximum absolute atomic E-state index is 4.97. The Bertz CT molecular complexity index is 827. The van der Waals surface area contributed by atoms with E-state index in [-0.39, 0.29) is 0 Å². The van der Waals surface area contributed by atoms with Crippen LogP contribution in [0.25, 0.3) is 22.4 Å². The summed E-state index contributed by atoms with van der Waals surface area (Å²) in [4.78, 5) is 4.97. The third-order valence-corrected chi connectivity index (χ3v) is 4.68. The molecule has 0 bridgehead atoms. The predicted molar refractivity (Wildman–Crippen MR) is 104 cm³/mol. The van der Waals surface area contributed by atoms with E-state index in [1.54, 1.807) is 0 Å². The summed E-state index contributed by atoms with van der Waals surface area (Å²) in [5, 5.41) is 0. The van der Waals surface area contributed by atoms with Gasteiger partial charge in [-0.1, -0.05) is 45.9 Å². The Morgan fingerprint density at radius 3 is 1.92 bits per heavy atom. The Labute approximate surface area is 145 Å². The molecule has 2 aromatic carbocycles. The van der Waals surface area contributed by atoms with Gasteiger partial charge >= 0.3 is 0 Å². The molecule has 0 N–H and O–H groups in total. The molecular formula is C22H28N2. The van der Waals surface area contributed by atoms with Crippen LogP contribution in [0.1, 0.15) is 70.5 Å². The summed E-state index contributed by atoms with van der Waals surface area (Å²) >= 11 is 0. The van der Waals surface area contributed by atoms with Crippen LogP contribution < -0.4 is 0 Å². The van der Waals surface area contributed by atoms with Gasteiger partial charge in [-0.2, -0.15) is 0 Å². The highest BCUT2D eigenvalue weighted by Gasteiger charge is 2.17. The molecule has 0 radical (unpaired) electrons. The van der Waals surface area contributed by atoms with Gasteiger partial charge in [-0.15, -0.1) is 0 Å². The second-order valence-electron chi connectivity index (χ2n) is 7.59. The SMILES string of the molecule is CC(C)c1cc(-c2nc3ccccc3n2C(C)C)cc(C(C)C)c1. The third kappa shape index (κ3) is 2.98. The summed E-state index contributed by atoms with van der Waals surface area (Å²) in [5.74, 6) is 2.11. The predicted octanol–water partition coefficient (Wildman–Crippen LogP) is 6.53. The van der Waals surface area contributed by atoms with Crippen LogP contribution in [0.4, 0.5) is 0 Å². The Morgan fingerprint density at radius 2 is 1.38 bits per heavy atom. The van der Waals surface area contributed by atoms with Crippen molar-refractivity contribution in [2.24, 2.45) is 0 Å². The summed E-state index contributed by atoms with van der Waals surface area (Å²) in [7, 11) is 0. The minimum Gasteiger partial charge on any atom is -0.321 e. The lowest BCUT2D eigenvalue weighted by atomic mass is 9.93. The van der Waals surface area contributed by atoms with Crippen molar-refractivity contribution >= 4 is 11.0 Å².